The summed E-state index contributed by atoms with van der Waals surface area (Å²) in [7, 11) is 0. The monoisotopic (exact) mass is 272 g/mol. The second kappa shape index (κ2) is 5.61. The summed E-state index contributed by atoms with van der Waals surface area (Å²) >= 11 is 0. The Morgan fingerprint density at radius 2 is 1.80 bits per heavy atom. The lowest BCUT2D eigenvalue weighted by molar-refractivity contribution is 0.422. The first-order valence-electron chi connectivity index (χ1n) is 7.62. The van der Waals surface area contributed by atoms with Crippen molar-refractivity contribution in [2.75, 3.05) is 6.54 Å². The van der Waals surface area contributed by atoms with Crippen molar-refractivity contribution in [2.45, 2.75) is 59.9 Å². The van der Waals surface area contributed by atoms with E-state index in [0.717, 1.165) is 13.0 Å². The minimum Gasteiger partial charge on any atom is -0.358 e. The highest BCUT2D eigenvalue weighted by Crippen LogP contribution is 2.27. The summed E-state index contributed by atoms with van der Waals surface area (Å²) in [5.41, 5.74) is 7.08. The van der Waals surface area contributed by atoms with Crippen LogP contribution >= 0.6 is 0 Å². The molecule has 0 aliphatic heterocycles. The number of H-pyrrole nitrogens is 1. The average molecular weight is 272 g/mol. The number of nitrogens with one attached hydrogen (secondary N) is 2. The summed E-state index contributed by atoms with van der Waals surface area (Å²) < 4.78 is 0. The van der Waals surface area contributed by atoms with Crippen molar-refractivity contribution in [1.29, 1.82) is 0 Å². The lowest BCUT2D eigenvalue weighted by atomic mass is 10.0. The normalized spacial score (nSPS) is 12.3. The fourth-order valence-corrected chi connectivity index (χ4v) is 2.74. The van der Waals surface area contributed by atoms with Crippen LogP contribution in [-0.2, 0) is 6.42 Å². The molecule has 1 aromatic carbocycles. The van der Waals surface area contributed by atoms with Gasteiger partial charge in [0, 0.05) is 22.1 Å². The zero-order valence-corrected chi connectivity index (χ0v) is 13.8. The van der Waals surface area contributed by atoms with Gasteiger partial charge in [0.15, 0.2) is 0 Å². The first-order valence-corrected chi connectivity index (χ1v) is 7.62. The number of aromatic amines is 1. The molecule has 0 spiro atoms. The SMILES string of the molecule is Cc1ccc2c(CCCNC(C)(C)C)c(C)[nH]c2c1C. The molecule has 20 heavy (non-hydrogen) atoms. The van der Waals surface area contributed by atoms with Crippen LogP contribution in [0, 0.1) is 20.8 Å². The molecule has 0 aliphatic rings. The first kappa shape index (κ1) is 15.1. The van der Waals surface area contributed by atoms with Crippen LogP contribution in [0.1, 0.15) is 49.6 Å². The van der Waals surface area contributed by atoms with E-state index in [-0.39, 0.29) is 5.54 Å². The fraction of sp³-hybridized carbons (Fsp3) is 0.556. The minimum atomic E-state index is 0.211. The summed E-state index contributed by atoms with van der Waals surface area (Å²) in [6, 6.07) is 4.51. The third kappa shape index (κ3) is 3.24. The smallest absolute Gasteiger partial charge is 0.0491 e. The first-order chi connectivity index (χ1) is 9.29. The van der Waals surface area contributed by atoms with Crippen LogP contribution in [0.2, 0.25) is 0 Å². The number of aromatic nitrogens is 1. The maximum absolute atomic E-state index is 3.57. The van der Waals surface area contributed by atoms with Crippen LogP contribution in [-0.4, -0.2) is 17.1 Å². The molecule has 0 fully saturated rings. The van der Waals surface area contributed by atoms with E-state index < -0.39 is 0 Å². The molecule has 0 amide bonds. The molecular formula is C18H28N2. The predicted octanol–water partition coefficient (Wildman–Crippen LogP) is 4.41. The molecule has 2 rings (SSSR count). The Kier molecular flexibility index (Phi) is 4.24. The maximum atomic E-state index is 3.57. The van der Waals surface area contributed by atoms with E-state index in [1.54, 1.807) is 0 Å². The van der Waals surface area contributed by atoms with Crippen molar-refractivity contribution in [3.63, 3.8) is 0 Å². The molecule has 1 aromatic heterocycles. The van der Waals surface area contributed by atoms with Crippen LogP contribution < -0.4 is 5.32 Å². The van der Waals surface area contributed by atoms with Gasteiger partial charge in [-0.05, 0) is 77.6 Å². The van der Waals surface area contributed by atoms with Crippen LogP contribution in [0.5, 0.6) is 0 Å². The predicted molar refractivity (Wildman–Crippen MR) is 88.6 cm³/mol. The fourth-order valence-electron chi connectivity index (χ4n) is 2.74. The van der Waals surface area contributed by atoms with Gasteiger partial charge in [0.1, 0.15) is 0 Å². The standard InChI is InChI=1S/C18H28N2/c1-12-9-10-16-15(8-7-11-19-18(4,5)6)14(3)20-17(16)13(12)2/h9-10,19-20H,7-8,11H2,1-6H3. The van der Waals surface area contributed by atoms with E-state index in [0.29, 0.717) is 0 Å². The van der Waals surface area contributed by atoms with Gasteiger partial charge in [-0.25, -0.2) is 0 Å². The highest BCUT2D eigenvalue weighted by Gasteiger charge is 2.12. The number of hydrogen-bond acceptors (Lipinski definition) is 1. The molecule has 2 nitrogen and oxygen atoms in total. The number of rotatable bonds is 4. The van der Waals surface area contributed by atoms with Gasteiger partial charge >= 0.3 is 0 Å². The summed E-state index contributed by atoms with van der Waals surface area (Å²) in [4.78, 5) is 3.57. The topological polar surface area (TPSA) is 27.8 Å². The van der Waals surface area contributed by atoms with Gasteiger partial charge in [-0.1, -0.05) is 12.1 Å². The van der Waals surface area contributed by atoms with Crippen LogP contribution in [0.3, 0.4) is 0 Å². The van der Waals surface area contributed by atoms with E-state index in [4.69, 9.17) is 0 Å². The van der Waals surface area contributed by atoms with E-state index in [1.165, 1.54) is 39.7 Å². The molecule has 0 radical (unpaired) electrons. The Morgan fingerprint density at radius 3 is 2.45 bits per heavy atom. The molecule has 0 bridgehead atoms. The Morgan fingerprint density at radius 1 is 1.10 bits per heavy atom. The van der Waals surface area contributed by atoms with Crippen LogP contribution in [0.25, 0.3) is 10.9 Å². The molecule has 110 valence electrons. The van der Waals surface area contributed by atoms with Crippen molar-refractivity contribution < 1.29 is 0 Å². The highest BCUT2D eigenvalue weighted by atomic mass is 14.9. The third-order valence-electron chi connectivity index (χ3n) is 4.09. The lowest BCUT2D eigenvalue weighted by Crippen LogP contribution is -2.36. The lowest BCUT2D eigenvalue weighted by Gasteiger charge is -2.20. The summed E-state index contributed by atoms with van der Waals surface area (Å²) in [6.45, 7) is 14.3. The van der Waals surface area contributed by atoms with E-state index in [1.807, 2.05) is 0 Å². The van der Waals surface area contributed by atoms with Gasteiger partial charge < -0.3 is 10.3 Å². The highest BCUT2D eigenvalue weighted by molar-refractivity contribution is 5.88. The van der Waals surface area contributed by atoms with E-state index in [9.17, 15) is 0 Å². The van der Waals surface area contributed by atoms with E-state index >= 15 is 0 Å². The van der Waals surface area contributed by atoms with Crippen LogP contribution in [0.4, 0.5) is 0 Å². The zero-order valence-electron chi connectivity index (χ0n) is 13.8. The van der Waals surface area contributed by atoms with Gasteiger partial charge in [-0.2, -0.15) is 0 Å². The molecule has 2 heteroatoms. The van der Waals surface area contributed by atoms with Gasteiger partial charge in [0.2, 0.25) is 0 Å². The second-order valence-electron chi connectivity index (χ2n) is 6.94. The molecule has 0 unspecified atom stereocenters. The largest absolute Gasteiger partial charge is 0.358 e. The molecule has 2 aromatic rings. The minimum absolute atomic E-state index is 0.211. The molecule has 2 N–H and O–H groups in total. The molecule has 0 aliphatic carbocycles. The van der Waals surface area contributed by atoms with Gasteiger partial charge in [-0.15, -0.1) is 0 Å². The molecule has 0 atom stereocenters. The van der Waals surface area contributed by atoms with Crippen molar-refractivity contribution in [3.05, 3.63) is 34.5 Å². The number of hydrogen-bond donors (Lipinski definition) is 2. The van der Waals surface area contributed by atoms with Crippen molar-refractivity contribution in [2.24, 2.45) is 0 Å². The maximum Gasteiger partial charge on any atom is 0.0491 e. The second-order valence-corrected chi connectivity index (χ2v) is 6.94. The number of aryl methyl sites for hydroxylation is 4. The van der Waals surface area contributed by atoms with Gasteiger partial charge in [0.25, 0.3) is 0 Å². The van der Waals surface area contributed by atoms with Crippen molar-refractivity contribution in [1.82, 2.24) is 10.3 Å². The Hall–Kier alpha value is -1.28. The van der Waals surface area contributed by atoms with E-state index in [2.05, 4.69) is 64.0 Å². The molecule has 0 saturated heterocycles. The van der Waals surface area contributed by atoms with Gasteiger partial charge in [-0.3, -0.25) is 0 Å². The Balaban J connectivity index is 2.15. The number of benzene rings is 1. The number of fused-ring (bicyclic) bond motifs is 1. The summed E-state index contributed by atoms with van der Waals surface area (Å²) in [5, 5.41) is 4.97. The quantitative estimate of drug-likeness (QED) is 0.793. The van der Waals surface area contributed by atoms with Crippen molar-refractivity contribution >= 4 is 10.9 Å². The zero-order chi connectivity index (χ0) is 14.9. The Labute approximate surface area is 123 Å². The Bertz CT molecular complexity index is 600. The van der Waals surface area contributed by atoms with Gasteiger partial charge in [0.05, 0.1) is 0 Å². The molecular weight excluding hydrogens is 244 g/mol. The summed E-state index contributed by atoms with van der Waals surface area (Å²) in [6.07, 6.45) is 2.31. The van der Waals surface area contributed by atoms with Crippen molar-refractivity contribution in [3.8, 4) is 0 Å². The van der Waals surface area contributed by atoms with Crippen LogP contribution in [0.15, 0.2) is 12.1 Å². The third-order valence-corrected chi connectivity index (χ3v) is 4.09. The summed E-state index contributed by atoms with van der Waals surface area (Å²) in [5.74, 6) is 0. The molecule has 0 saturated carbocycles. The molecule has 1 heterocycles. The average Bonchev–Trinajstić information content (AvgIpc) is 2.66.